The van der Waals surface area contributed by atoms with Crippen LogP contribution >= 0.6 is 28.4 Å². The number of aromatic hydroxyl groups is 1. The zero-order chi connectivity index (χ0) is 22.2. The van der Waals surface area contributed by atoms with E-state index in [4.69, 9.17) is 5.41 Å². The van der Waals surface area contributed by atoms with E-state index in [0.717, 1.165) is 51.1 Å². The van der Waals surface area contributed by atoms with Gasteiger partial charge in [0.15, 0.2) is 0 Å². The van der Waals surface area contributed by atoms with Crippen molar-refractivity contribution in [3.63, 3.8) is 0 Å². The Kier molecular flexibility index (Phi) is 8.44. The summed E-state index contributed by atoms with van der Waals surface area (Å²) in [5.41, 5.74) is 8.42. The number of anilines is 1. The molecule has 3 N–H and O–H groups in total. The van der Waals surface area contributed by atoms with Gasteiger partial charge in [-0.3, -0.25) is 0 Å². The summed E-state index contributed by atoms with van der Waals surface area (Å²) in [4.78, 5) is 0. The standard InChI is InChI=1S/C26H26IN2OP/c1-3-6-18-9-11-19(12-10-18)26(24(4-2)20-7-5-8-23(30)16-20)21-13-14-25(29-31-27)22(15-21)17-28/h3,5-17,28-31H,4H2,1-2H3/b6-3+,26-24+,28-17?. The first-order chi connectivity index (χ1) is 15.1. The molecule has 0 bridgehead atoms. The molecule has 0 heterocycles. The van der Waals surface area contributed by atoms with Crippen LogP contribution in [0.3, 0.4) is 0 Å². The van der Waals surface area contributed by atoms with Crippen molar-refractivity contribution in [1.29, 1.82) is 5.41 Å². The summed E-state index contributed by atoms with van der Waals surface area (Å²) in [6, 6.07) is 22.2. The number of hydrogen-bond acceptors (Lipinski definition) is 3. The molecule has 0 aliphatic carbocycles. The number of phenolic OH excluding ortho intramolecular Hbond substituents is 1. The summed E-state index contributed by atoms with van der Waals surface area (Å²) < 4.78 is 0. The molecule has 3 nitrogen and oxygen atoms in total. The van der Waals surface area contributed by atoms with E-state index in [9.17, 15) is 5.11 Å². The molecule has 0 aliphatic heterocycles. The molecule has 5 heteroatoms. The summed E-state index contributed by atoms with van der Waals surface area (Å²) in [5.74, 6) is 0.258. The van der Waals surface area contributed by atoms with Crippen LogP contribution in [0.1, 0.15) is 48.1 Å². The summed E-state index contributed by atoms with van der Waals surface area (Å²) in [7, 11) is 0. The summed E-state index contributed by atoms with van der Waals surface area (Å²) in [6.45, 7) is 4.15. The van der Waals surface area contributed by atoms with Gasteiger partial charge in [-0.25, -0.2) is 0 Å². The minimum Gasteiger partial charge on any atom is -0.508 e. The fraction of sp³-hybridized carbons (Fsp3) is 0.115. The highest BCUT2D eigenvalue weighted by atomic mass is 127. The maximum absolute atomic E-state index is 10.1. The molecule has 0 amide bonds. The molecule has 0 aliphatic rings. The SMILES string of the molecule is C/C=C/c1ccc(/C(=C(/CC)c2cccc(O)c2)c2ccc(NPI)c(C=N)c2)cc1. The van der Waals surface area contributed by atoms with Crippen molar-refractivity contribution in [2.45, 2.75) is 20.3 Å². The van der Waals surface area contributed by atoms with Crippen LogP contribution in [0.2, 0.25) is 0 Å². The van der Waals surface area contributed by atoms with E-state index in [1.807, 2.05) is 37.3 Å². The highest BCUT2D eigenvalue weighted by Gasteiger charge is 2.15. The molecule has 1 atom stereocenters. The van der Waals surface area contributed by atoms with Crippen molar-refractivity contribution in [2.75, 3.05) is 5.09 Å². The Bertz CT molecular complexity index is 1120. The topological polar surface area (TPSA) is 56.1 Å². The molecule has 0 radical (unpaired) electrons. The number of phenols is 1. The van der Waals surface area contributed by atoms with Crippen molar-refractivity contribution in [1.82, 2.24) is 0 Å². The van der Waals surface area contributed by atoms with E-state index in [0.29, 0.717) is 6.37 Å². The largest absolute Gasteiger partial charge is 0.508 e. The molecule has 31 heavy (non-hydrogen) atoms. The Balaban J connectivity index is 2.27. The number of hydrogen-bond donors (Lipinski definition) is 3. The zero-order valence-electron chi connectivity index (χ0n) is 17.6. The Labute approximate surface area is 199 Å². The van der Waals surface area contributed by atoms with Crippen molar-refractivity contribution in [2.24, 2.45) is 0 Å². The molecule has 0 saturated heterocycles. The first kappa shape index (κ1) is 23.2. The molecule has 0 saturated carbocycles. The molecule has 0 spiro atoms. The lowest BCUT2D eigenvalue weighted by molar-refractivity contribution is 0.475. The van der Waals surface area contributed by atoms with Gasteiger partial charge in [-0.1, -0.05) is 61.5 Å². The first-order valence-electron chi connectivity index (χ1n) is 10.1. The van der Waals surface area contributed by atoms with Crippen molar-refractivity contribution in [3.8, 4) is 5.75 Å². The van der Waals surface area contributed by atoms with Gasteiger partial charge in [-0.2, -0.15) is 0 Å². The number of rotatable bonds is 8. The lowest BCUT2D eigenvalue weighted by Gasteiger charge is -2.18. The van der Waals surface area contributed by atoms with Gasteiger partial charge >= 0.3 is 0 Å². The minimum absolute atomic E-state index is 0.258. The van der Waals surface area contributed by atoms with Crippen LogP contribution in [0.5, 0.6) is 5.75 Å². The van der Waals surface area contributed by atoms with Crippen LogP contribution in [0, 0.1) is 5.41 Å². The van der Waals surface area contributed by atoms with Gasteiger partial charge in [0.25, 0.3) is 0 Å². The van der Waals surface area contributed by atoms with E-state index in [2.05, 4.69) is 76.5 Å². The zero-order valence-corrected chi connectivity index (χ0v) is 20.8. The molecule has 0 aromatic heterocycles. The summed E-state index contributed by atoms with van der Waals surface area (Å²) in [6.07, 6.45) is 6.87. The quantitative estimate of drug-likeness (QED) is 0.117. The monoisotopic (exact) mass is 540 g/mol. The molecule has 3 aromatic rings. The van der Waals surface area contributed by atoms with Crippen LogP contribution in [0.25, 0.3) is 17.2 Å². The second kappa shape index (κ2) is 11.3. The number of nitrogens with one attached hydrogen (secondary N) is 2. The molecular weight excluding hydrogens is 514 g/mol. The molecule has 3 rings (SSSR count). The van der Waals surface area contributed by atoms with Crippen LogP contribution in [0.4, 0.5) is 5.69 Å². The molecule has 1 unspecified atom stereocenters. The summed E-state index contributed by atoms with van der Waals surface area (Å²) >= 11 is 2.30. The molecule has 0 fully saturated rings. The average Bonchev–Trinajstić information content (AvgIpc) is 2.79. The van der Waals surface area contributed by atoms with E-state index in [1.54, 1.807) is 6.07 Å². The number of allylic oxidation sites excluding steroid dienone is 2. The maximum Gasteiger partial charge on any atom is 0.116 e. The maximum atomic E-state index is 10.1. The van der Waals surface area contributed by atoms with Gasteiger partial charge in [-0.05, 0) is 93.1 Å². The lowest BCUT2D eigenvalue weighted by atomic mass is 9.87. The Morgan fingerprint density at radius 1 is 1.03 bits per heavy atom. The second-order valence-electron chi connectivity index (χ2n) is 7.05. The predicted molar refractivity (Wildman–Crippen MR) is 146 cm³/mol. The average molecular weight is 540 g/mol. The first-order valence-corrected chi connectivity index (χ1v) is 14.2. The van der Waals surface area contributed by atoms with Crippen LogP contribution < -0.4 is 5.09 Å². The van der Waals surface area contributed by atoms with E-state index < -0.39 is 0 Å². The van der Waals surface area contributed by atoms with Crippen molar-refractivity contribution < 1.29 is 5.11 Å². The fourth-order valence-corrected chi connectivity index (χ4v) is 4.89. The predicted octanol–water partition coefficient (Wildman–Crippen LogP) is 8.15. The molecule has 3 aromatic carbocycles. The number of benzene rings is 3. The van der Waals surface area contributed by atoms with E-state index >= 15 is 0 Å². The molecule has 158 valence electrons. The third kappa shape index (κ3) is 5.63. The van der Waals surface area contributed by atoms with Gasteiger partial charge in [0.1, 0.15) is 5.75 Å². The highest BCUT2D eigenvalue weighted by Crippen LogP contribution is 2.37. The number of halogens is 1. The van der Waals surface area contributed by atoms with E-state index in [-0.39, 0.29) is 5.75 Å². The van der Waals surface area contributed by atoms with Crippen LogP contribution in [-0.2, 0) is 0 Å². The minimum atomic E-state index is 0.258. The van der Waals surface area contributed by atoms with Gasteiger partial charge in [0, 0.05) is 23.8 Å². The van der Waals surface area contributed by atoms with Crippen LogP contribution in [0.15, 0.2) is 72.8 Å². The Morgan fingerprint density at radius 2 is 1.77 bits per heavy atom. The van der Waals surface area contributed by atoms with Gasteiger partial charge in [-0.15, -0.1) is 0 Å². The van der Waals surface area contributed by atoms with Gasteiger partial charge in [0.05, 0.1) is 0 Å². The normalized spacial score (nSPS) is 12.4. The lowest BCUT2D eigenvalue weighted by Crippen LogP contribution is -1.98. The molecular formula is C26H26IN2OP. The van der Waals surface area contributed by atoms with Crippen molar-refractivity contribution >= 4 is 57.5 Å². The van der Waals surface area contributed by atoms with Crippen LogP contribution in [-0.4, -0.2) is 11.3 Å². The fourth-order valence-electron chi connectivity index (χ4n) is 3.69. The van der Waals surface area contributed by atoms with Gasteiger partial charge in [0.2, 0.25) is 0 Å². The van der Waals surface area contributed by atoms with Gasteiger partial charge < -0.3 is 15.6 Å². The van der Waals surface area contributed by atoms with E-state index in [1.165, 1.54) is 6.21 Å². The Hall–Kier alpha value is -2.43. The second-order valence-corrected chi connectivity index (χ2v) is 9.10. The Morgan fingerprint density at radius 3 is 2.39 bits per heavy atom. The third-order valence-electron chi connectivity index (χ3n) is 5.09. The highest BCUT2D eigenvalue weighted by molar-refractivity contribution is 14.2. The van der Waals surface area contributed by atoms with Crippen molar-refractivity contribution in [3.05, 3.63) is 101 Å². The third-order valence-corrected chi connectivity index (χ3v) is 6.26. The smallest absolute Gasteiger partial charge is 0.116 e. The summed E-state index contributed by atoms with van der Waals surface area (Å²) in [5, 5.41) is 21.3.